The Labute approximate surface area is 133 Å². The smallest absolute Gasteiger partial charge is 0.238 e. The van der Waals surface area contributed by atoms with Crippen molar-refractivity contribution in [1.29, 1.82) is 5.26 Å². The standard InChI is InChI=1S/C15H17ClN4O2/c16-13-7-12(2-1-11(13)8-17)19-14(21)9-20-5-3-10(4-6-20)15(18)22/h1-2,7,10H,3-6,9H2,(H2,18,22)(H,19,21). The molecule has 0 aliphatic carbocycles. The highest BCUT2D eigenvalue weighted by Gasteiger charge is 2.24. The number of benzene rings is 1. The lowest BCUT2D eigenvalue weighted by atomic mass is 9.96. The van der Waals surface area contributed by atoms with Crippen LogP contribution in [0.4, 0.5) is 5.69 Å². The molecule has 3 N–H and O–H groups in total. The Hall–Kier alpha value is -2.10. The van der Waals surface area contributed by atoms with Crippen LogP contribution < -0.4 is 11.1 Å². The number of carbonyl (C=O) groups is 2. The first-order valence-corrected chi connectivity index (χ1v) is 7.38. The monoisotopic (exact) mass is 320 g/mol. The number of anilines is 1. The lowest BCUT2D eigenvalue weighted by Gasteiger charge is -2.29. The zero-order chi connectivity index (χ0) is 16.1. The minimum atomic E-state index is -0.267. The van der Waals surface area contributed by atoms with Gasteiger partial charge in [0.2, 0.25) is 11.8 Å². The number of nitrogens with two attached hydrogens (primary N) is 1. The molecular formula is C15H17ClN4O2. The van der Waals surface area contributed by atoms with E-state index in [0.29, 0.717) is 42.2 Å². The van der Waals surface area contributed by atoms with Crippen molar-refractivity contribution in [2.75, 3.05) is 25.0 Å². The molecule has 116 valence electrons. The van der Waals surface area contributed by atoms with E-state index in [-0.39, 0.29) is 24.3 Å². The number of hydrogen-bond donors (Lipinski definition) is 2. The van der Waals surface area contributed by atoms with Gasteiger partial charge in [-0.3, -0.25) is 14.5 Å². The fourth-order valence-corrected chi connectivity index (χ4v) is 2.69. The Morgan fingerprint density at radius 1 is 1.41 bits per heavy atom. The molecule has 0 bridgehead atoms. The Morgan fingerprint density at radius 2 is 2.09 bits per heavy atom. The number of piperidine rings is 1. The summed E-state index contributed by atoms with van der Waals surface area (Å²) in [7, 11) is 0. The molecule has 22 heavy (non-hydrogen) atoms. The van der Waals surface area contributed by atoms with Crippen LogP contribution >= 0.6 is 11.6 Å². The largest absolute Gasteiger partial charge is 0.369 e. The van der Waals surface area contributed by atoms with Gasteiger partial charge in [0, 0.05) is 11.6 Å². The van der Waals surface area contributed by atoms with Crippen LogP contribution in [0.3, 0.4) is 0 Å². The summed E-state index contributed by atoms with van der Waals surface area (Å²) < 4.78 is 0. The molecule has 0 radical (unpaired) electrons. The molecule has 0 saturated carbocycles. The predicted octanol–water partition coefficient (Wildman–Crippen LogP) is 1.35. The van der Waals surface area contributed by atoms with Crippen LogP contribution in [0.25, 0.3) is 0 Å². The third-order valence-electron chi connectivity index (χ3n) is 3.73. The van der Waals surface area contributed by atoms with Gasteiger partial charge in [0.05, 0.1) is 17.1 Å². The van der Waals surface area contributed by atoms with Gasteiger partial charge in [-0.2, -0.15) is 5.26 Å². The van der Waals surface area contributed by atoms with Gasteiger partial charge in [-0.1, -0.05) is 11.6 Å². The summed E-state index contributed by atoms with van der Waals surface area (Å²) in [5, 5.41) is 11.9. The van der Waals surface area contributed by atoms with Crippen LogP contribution in [0.5, 0.6) is 0 Å². The fraction of sp³-hybridized carbons (Fsp3) is 0.400. The van der Waals surface area contributed by atoms with Crippen LogP contribution in [0.1, 0.15) is 18.4 Å². The van der Waals surface area contributed by atoms with E-state index in [0.717, 1.165) is 0 Å². The van der Waals surface area contributed by atoms with Crippen LogP contribution in [0, 0.1) is 17.2 Å². The highest BCUT2D eigenvalue weighted by Crippen LogP contribution is 2.20. The molecule has 1 aliphatic heterocycles. The molecule has 1 saturated heterocycles. The predicted molar refractivity (Wildman–Crippen MR) is 83.2 cm³/mol. The second kappa shape index (κ2) is 7.25. The SMILES string of the molecule is N#Cc1ccc(NC(=O)CN2CCC(C(N)=O)CC2)cc1Cl. The summed E-state index contributed by atoms with van der Waals surface area (Å²) in [6.07, 6.45) is 1.37. The summed E-state index contributed by atoms with van der Waals surface area (Å²) in [4.78, 5) is 25.1. The molecular weight excluding hydrogens is 304 g/mol. The number of carbonyl (C=O) groups excluding carboxylic acids is 2. The maximum atomic E-state index is 12.0. The number of likely N-dealkylation sites (tertiary alicyclic amines) is 1. The molecule has 6 nitrogen and oxygen atoms in total. The van der Waals surface area contributed by atoms with Crippen LogP contribution in [0.2, 0.25) is 5.02 Å². The zero-order valence-corrected chi connectivity index (χ0v) is 12.8. The first-order valence-electron chi connectivity index (χ1n) is 7.00. The summed E-state index contributed by atoms with van der Waals surface area (Å²) in [6, 6.07) is 6.72. The van der Waals surface area contributed by atoms with Crippen molar-refractivity contribution < 1.29 is 9.59 Å². The Balaban J connectivity index is 1.85. The van der Waals surface area contributed by atoms with Crippen molar-refractivity contribution in [3.05, 3.63) is 28.8 Å². The molecule has 1 aromatic carbocycles. The maximum absolute atomic E-state index is 12.0. The molecule has 1 aromatic rings. The van der Waals surface area contributed by atoms with Crippen molar-refractivity contribution in [3.8, 4) is 6.07 Å². The lowest BCUT2D eigenvalue weighted by molar-refractivity contribution is -0.123. The number of rotatable bonds is 4. The minimum absolute atomic E-state index is 0.0864. The third-order valence-corrected chi connectivity index (χ3v) is 4.04. The molecule has 7 heteroatoms. The molecule has 0 spiro atoms. The minimum Gasteiger partial charge on any atom is -0.369 e. The average Bonchev–Trinajstić information content (AvgIpc) is 2.48. The number of amides is 2. The van der Waals surface area contributed by atoms with Crippen molar-refractivity contribution >= 4 is 29.1 Å². The molecule has 0 unspecified atom stereocenters. The first kappa shape index (κ1) is 16.3. The number of hydrogen-bond acceptors (Lipinski definition) is 4. The Kier molecular flexibility index (Phi) is 5.36. The highest BCUT2D eigenvalue weighted by atomic mass is 35.5. The topological polar surface area (TPSA) is 99.2 Å². The maximum Gasteiger partial charge on any atom is 0.238 e. The van der Waals surface area contributed by atoms with Crippen LogP contribution in [-0.4, -0.2) is 36.3 Å². The van der Waals surface area contributed by atoms with Crippen molar-refractivity contribution in [1.82, 2.24) is 4.90 Å². The summed E-state index contributed by atoms with van der Waals surface area (Å²) in [5.74, 6) is -0.508. The third kappa shape index (κ3) is 4.20. The van der Waals surface area contributed by atoms with E-state index in [9.17, 15) is 9.59 Å². The molecule has 1 heterocycles. The zero-order valence-electron chi connectivity index (χ0n) is 12.0. The highest BCUT2D eigenvalue weighted by molar-refractivity contribution is 6.32. The van der Waals surface area contributed by atoms with Gasteiger partial charge in [0.25, 0.3) is 0 Å². The van der Waals surface area contributed by atoms with E-state index in [1.54, 1.807) is 18.2 Å². The van der Waals surface area contributed by atoms with Gasteiger partial charge < -0.3 is 11.1 Å². The van der Waals surface area contributed by atoms with Crippen molar-refractivity contribution in [2.45, 2.75) is 12.8 Å². The van der Waals surface area contributed by atoms with E-state index in [4.69, 9.17) is 22.6 Å². The lowest BCUT2D eigenvalue weighted by Crippen LogP contribution is -2.42. The van der Waals surface area contributed by atoms with Gasteiger partial charge in [-0.05, 0) is 44.1 Å². The van der Waals surface area contributed by atoms with Gasteiger partial charge in [0.1, 0.15) is 6.07 Å². The number of nitrogens with one attached hydrogen (secondary N) is 1. The first-order chi connectivity index (χ1) is 10.5. The quantitative estimate of drug-likeness (QED) is 0.874. The van der Waals surface area contributed by atoms with E-state index >= 15 is 0 Å². The summed E-state index contributed by atoms with van der Waals surface area (Å²) in [5.41, 5.74) is 6.21. The Bertz CT molecular complexity index is 618. The fourth-order valence-electron chi connectivity index (χ4n) is 2.46. The number of primary amides is 1. The van der Waals surface area contributed by atoms with Gasteiger partial charge in [0.15, 0.2) is 0 Å². The number of halogens is 1. The van der Waals surface area contributed by atoms with Crippen LogP contribution in [-0.2, 0) is 9.59 Å². The summed E-state index contributed by atoms with van der Waals surface area (Å²) >= 11 is 5.92. The molecule has 2 amide bonds. The van der Waals surface area contributed by atoms with Crippen molar-refractivity contribution in [3.63, 3.8) is 0 Å². The van der Waals surface area contributed by atoms with E-state index < -0.39 is 0 Å². The van der Waals surface area contributed by atoms with Gasteiger partial charge in [-0.15, -0.1) is 0 Å². The van der Waals surface area contributed by atoms with Gasteiger partial charge >= 0.3 is 0 Å². The molecule has 2 rings (SSSR count). The number of nitrogens with zero attached hydrogens (tertiary/aromatic N) is 2. The molecule has 0 aromatic heterocycles. The molecule has 1 aliphatic rings. The molecule has 0 atom stereocenters. The number of nitriles is 1. The van der Waals surface area contributed by atoms with E-state index in [1.165, 1.54) is 0 Å². The normalized spacial score (nSPS) is 16.0. The molecule has 1 fully saturated rings. The summed E-state index contributed by atoms with van der Waals surface area (Å²) in [6.45, 7) is 1.60. The second-order valence-electron chi connectivity index (χ2n) is 5.31. The second-order valence-corrected chi connectivity index (χ2v) is 5.71. The Morgan fingerprint density at radius 3 is 2.64 bits per heavy atom. The van der Waals surface area contributed by atoms with E-state index in [1.807, 2.05) is 11.0 Å². The van der Waals surface area contributed by atoms with Gasteiger partial charge in [-0.25, -0.2) is 0 Å². The average molecular weight is 321 g/mol. The van der Waals surface area contributed by atoms with E-state index in [2.05, 4.69) is 5.32 Å². The van der Waals surface area contributed by atoms with Crippen LogP contribution in [0.15, 0.2) is 18.2 Å². The van der Waals surface area contributed by atoms with Crippen molar-refractivity contribution in [2.24, 2.45) is 11.7 Å².